The van der Waals surface area contributed by atoms with Gasteiger partial charge in [-0.25, -0.2) is 4.79 Å². The summed E-state index contributed by atoms with van der Waals surface area (Å²) in [6.45, 7) is 1.22. The fourth-order valence-corrected chi connectivity index (χ4v) is 1.47. The van der Waals surface area contributed by atoms with Gasteiger partial charge in [-0.15, -0.1) is 0 Å². The number of aromatic amines is 1. The van der Waals surface area contributed by atoms with Crippen LogP contribution in [0.2, 0.25) is 0 Å². The summed E-state index contributed by atoms with van der Waals surface area (Å²) in [4.78, 5) is 18.2. The lowest BCUT2D eigenvalue weighted by atomic mass is 10.4. The average molecular weight is 192 g/mol. The molecule has 0 amide bonds. The van der Waals surface area contributed by atoms with E-state index in [4.69, 9.17) is 5.73 Å². The molecule has 0 aliphatic rings. The molecule has 0 unspecified atom stereocenters. The molecule has 0 aromatic carbocycles. The maximum absolute atomic E-state index is 11.5. The fourth-order valence-electron chi connectivity index (χ4n) is 1.47. The molecule has 0 aliphatic heterocycles. The van der Waals surface area contributed by atoms with Gasteiger partial charge >= 0.3 is 5.69 Å². The number of nitrogens with two attached hydrogens (primary N) is 1. The first-order valence-electron chi connectivity index (χ1n) is 4.55. The molecule has 0 bridgehead atoms. The first kappa shape index (κ1) is 8.96. The van der Waals surface area contributed by atoms with Crippen molar-refractivity contribution in [2.75, 3.05) is 6.54 Å². The Hall–Kier alpha value is -1.62. The minimum absolute atomic E-state index is 0.0959. The quantitative estimate of drug-likeness (QED) is 0.722. The van der Waals surface area contributed by atoms with Crippen LogP contribution in [0.1, 0.15) is 6.42 Å². The van der Waals surface area contributed by atoms with Crippen molar-refractivity contribution in [2.45, 2.75) is 13.0 Å². The van der Waals surface area contributed by atoms with Gasteiger partial charge in [0.1, 0.15) is 0 Å². The number of hydrogen-bond donors (Lipinski definition) is 2. The summed E-state index contributed by atoms with van der Waals surface area (Å²) in [6.07, 6.45) is 4.14. The van der Waals surface area contributed by atoms with Crippen molar-refractivity contribution < 1.29 is 0 Å². The fraction of sp³-hybridized carbons (Fsp3) is 0.333. The predicted molar refractivity (Wildman–Crippen MR) is 54.0 cm³/mol. The van der Waals surface area contributed by atoms with Gasteiger partial charge in [-0.2, -0.15) is 0 Å². The van der Waals surface area contributed by atoms with Crippen LogP contribution in [0.4, 0.5) is 0 Å². The molecular formula is C9H12N4O. The van der Waals surface area contributed by atoms with Crippen molar-refractivity contribution in [1.29, 1.82) is 0 Å². The number of fused-ring (bicyclic) bond motifs is 1. The van der Waals surface area contributed by atoms with E-state index < -0.39 is 0 Å². The molecule has 0 saturated carbocycles. The summed E-state index contributed by atoms with van der Waals surface area (Å²) in [5.74, 6) is 0. The van der Waals surface area contributed by atoms with Crippen molar-refractivity contribution in [3.05, 3.63) is 28.9 Å². The number of pyridine rings is 1. The van der Waals surface area contributed by atoms with Crippen LogP contribution in [0.25, 0.3) is 11.0 Å². The van der Waals surface area contributed by atoms with E-state index in [1.165, 1.54) is 0 Å². The monoisotopic (exact) mass is 192 g/mol. The number of rotatable bonds is 3. The van der Waals surface area contributed by atoms with Gasteiger partial charge < -0.3 is 10.7 Å². The Kier molecular flexibility index (Phi) is 2.32. The second kappa shape index (κ2) is 3.63. The van der Waals surface area contributed by atoms with Crippen LogP contribution in [0, 0.1) is 0 Å². The lowest BCUT2D eigenvalue weighted by molar-refractivity contribution is 0.647. The molecule has 5 nitrogen and oxygen atoms in total. The predicted octanol–water partition coefficient (Wildman–Crippen LogP) is 0.0734. The van der Waals surface area contributed by atoms with Crippen LogP contribution in [-0.4, -0.2) is 21.1 Å². The SMILES string of the molecule is NCCCn1c(=O)[nH]c2ccncc21. The van der Waals surface area contributed by atoms with E-state index >= 15 is 0 Å². The Morgan fingerprint density at radius 1 is 1.57 bits per heavy atom. The van der Waals surface area contributed by atoms with Crippen molar-refractivity contribution in [1.82, 2.24) is 14.5 Å². The molecule has 2 heterocycles. The van der Waals surface area contributed by atoms with Gasteiger partial charge in [-0.3, -0.25) is 9.55 Å². The van der Waals surface area contributed by atoms with Crippen molar-refractivity contribution in [3.63, 3.8) is 0 Å². The highest BCUT2D eigenvalue weighted by Gasteiger charge is 2.04. The standard InChI is InChI=1S/C9H12N4O/c10-3-1-5-13-8-6-11-4-2-7(8)12-9(13)14/h2,4,6H,1,3,5,10H2,(H,12,14). The summed E-state index contributed by atoms with van der Waals surface area (Å²) in [5.41, 5.74) is 6.96. The highest BCUT2D eigenvalue weighted by Crippen LogP contribution is 2.06. The maximum Gasteiger partial charge on any atom is 0.326 e. The van der Waals surface area contributed by atoms with E-state index in [-0.39, 0.29) is 5.69 Å². The minimum atomic E-state index is -0.0959. The van der Waals surface area contributed by atoms with Crippen LogP contribution >= 0.6 is 0 Å². The van der Waals surface area contributed by atoms with E-state index in [0.717, 1.165) is 17.5 Å². The van der Waals surface area contributed by atoms with Crippen LogP contribution in [0.5, 0.6) is 0 Å². The second-order valence-electron chi connectivity index (χ2n) is 3.12. The number of nitrogens with one attached hydrogen (secondary N) is 1. The normalized spacial score (nSPS) is 10.9. The average Bonchev–Trinajstić information content (AvgIpc) is 2.51. The summed E-state index contributed by atoms with van der Waals surface area (Å²) in [5, 5.41) is 0. The lowest BCUT2D eigenvalue weighted by Gasteiger charge is -1.99. The van der Waals surface area contributed by atoms with Gasteiger partial charge in [0.05, 0.1) is 17.2 Å². The molecule has 0 aliphatic carbocycles. The topological polar surface area (TPSA) is 76.7 Å². The Morgan fingerprint density at radius 3 is 3.21 bits per heavy atom. The van der Waals surface area contributed by atoms with E-state index in [0.29, 0.717) is 13.1 Å². The molecule has 2 rings (SSSR count). The molecular weight excluding hydrogens is 180 g/mol. The smallest absolute Gasteiger partial charge is 0.326 e. The number of H-pyrrole nitrogens is 1. The lowest BCUT2D eigenvalue weighted by Crippen LogP contribution is -2.18. The minimum Gasteiger partial charge on any atom is -0.330 e. The van der Waals surface area contributed by atoms with Crippen LogP contribution in [0.3, 0.4) is 0 Å². The molecule has 2 aromatic heterocycles. The Morgan fingerprint density at radius 2 is 2.43 bits per heavy atom. The molecule has 5 heteroatoms. The van der Waals surface area contributed by atoms with E-state index in [2.05, 4.69) is 9.97 Å². The van der Waals surface area contributed by atoms with E-state index in [1.54, 1.807) is 23.0 Å². The molecule has 0 radical (unpaired) electrons. The third kappa shape index (κ3) is 1.42. The summed E-state index contributed by atoms with van der Waals surface area (Å²) in [6, 6.07) is 1.79. The summed E-state index contributed by atoms with van der Waals surface area (Å²) in [7, 11) is 0. The number of nitrogens with zero attached hydrogens (tertiary/aromatic N) is 2. The van der Waals surface area contributed by atoms with Crippen molar-refractivity contribution >= 4 is 11.0 Å². The zero-order chi connectivity index (χ0) is 9.97. The Bertz CT molecular complexity index is 485. The van der Waals surface area contributed by atoms with Crippen LogP contribution in [0.15, 0.2) is 23.3 Å². The highest BCUT2D eigenvalue weighted by atomic mass is 16.1. The zero-order valence-corrected chi connectivity index (χ0v) is 7.73. The molecule has 3 N–H and O–H groups in total. The van der Waals surface area contributed by atoms with Gasteiger partial charge in [0.25, 0.3) is 0 Å². The number of aromatic nitrogens is 3. The Balaban J connectivity index is 2.51. The largest absolute Gasteiger partial charge is 0.330 e. The molecule has 2 aromatic rings. The molecule has 0 spiro atoms. The summed E-state index contributed by atoms with van der Waals surface area (Å²) < 4.78 is 1.66. The molecule has 0 atom stereocenters. The first-order chi connectivity index (χ1) is 6.83. The Labute approximate surface area is 80.6 Å². The van der Waals surface area contributed by atoms with Crippen molar-refractivity contribution in [2.24, 2.45) is 5.73 Å². The zero-order valence-electron chi connectivity index (χ0n) is 7.73. The van der Waals surface area contributed by atoms with Gasteiger partial charge in [-0.05, 0) is 19.0 Å². The van der Waals surface area contributed by atoms with Crippen molar-refractivity contribution in [3.8, 4) is 0 Å². The number of aryl methyl sites for hydroxylation is 1. The van der Waals surface area contributed by atoms with Crippen LogP contribution in [-0.2, 0) is 6.54 Å². The molecule has 14 heavy (non-hydrogen) atoms. The van der Waals surface area contributed by atoms with E-state index in [1.807, 2.05) is 0 Å². The van der Waals surface area contributed by atoms with E-state index in [9.17, 15) is 4.79 Å². The van der Waals surface area contributed by atoms with Crippen LogP contribution < -0.4 is 11.4 Å². The molecule has 74 valence electrons. The van der Waals surface area contributed by atoms with Gasteiger partial charge in [0.15, 0.2) is 0 Å². The summed E-state index contributed by atoms with van der Waals surface area (Å²) >= 11 is 0. The number of hydrogen-bond acceptors (Lipinski definition) is 3. The van der Waals surface area contributed by atoms with Gasteiger partial charge in [-0.1, -0.05) is 0 Å². The van der Waals surface area contributed by atoms with Gasteiger partial charge in [0.2, 0.25) is 0 Å². The molecule has 0 fully saturated rings. The third-order valence-corrected chi connectivity index (χ3v) is 2.16. The number of imidazole rings is 1. The first-order valence-corrected chi connectivity index (χ1v) is 4.55. The maximum atomic E-state index is 11.5. The molecule has 0 saturated heterocycles. The van der Waals surface area contributed by atoms with Gasteiger partial charge in [0, 0.05) is 12.7 Å². The highest BCUT2D eigenvalue weighted by molar-refractivity contribution is 5.73. The second-order valence-corrected chi connectivity index (χ2v) is 3.12. The third-order valence-electron chi connectivity index (χ3n) is 2.16.